The van der Waals surface area contributed by atoms with Crippen LogP contribution in [0.1, 0.15) is 17.5 Å². The summed E-state index contributed by atoms with van der Waals surface area (Å²) in [7, 11) is 0. The van der Waals surface area contributed by atoms with E-state index in [0.717, 1.165) is 28.0 Å². The lowest BCUT2D eigenvalue weighted by molar-refractivity contribution is 0.302. The molecule has 1 aromatic carbocycles. The summed E-state index contributed by atoms with van der Waals surface area (Å²) in [5.41, 5.74) is 1.13. The van der Waals surface area contributed by atoms with Crippen LogP contribution >= 0.6 is 11.3 Å². The molecule has 0 atom stereocenters. The zero-order chi connectivity index (χ0) is 12.1. The molecule has 0 aliphatic heterocycles. The lowest BCUT2D eigenvalue weighted by atomic mass is 10.2. The van der Waals surface area contributed by atoms with Crippen molar-refractivity contribution in [1.29, 1.82) is 0 Å². The fourth-order valence-electron chi connectivity index (χ4n) is 1.39. The van der Waals surface area contributed by atoms with Gasteiger partial charge in [-0.15, -0.1) is 10.2 Å². The highest BCUT2D eigenvalue weighted by molar-refractivity contribution is 7.15. The quantitative estimate of drug-likeness (QED) is 0.885. The van der Waals surface area contributed by atoms with E-state index in [9.17, 15) is 0 Å². The minimum Gasteiger partial charge on any atom is -0.486 e. The van der Waals surface area contributed by atoms with E-state index in [0.29, 0.717) is 6.61 Å². The third-order valence-electron chi connectivity index (χ3n) is 2.24. The molecule has 0 radical (unpaired) electrons. The Labute approximate surface area is 105 Å². The Morgan fingerprint density at radius 1 is 1.29 bits per heavy atom. The molecular formula is C12H15N3OS. The Hall–Kier alpha value is -1.62. The van der Waals surface area contributed by atoms with Crippen molar-refractivity contribution in [2.24, 2.45) is 0 Å². The maximum absolute atomic E-state index is 5.69. The lowest BCUT2D eigenvalue weighted by Gasteiger charge is -2.05. The number of ether oxygens (including phenoxy) is 1. The molecule has 2 rings (SSSR count). The van der Waals surface area contributed by atoms with Crippen molar-refractivity contribution in [3.63, 3.8) is 0 Å². The maximum atomic E-state index is 5.69. The Kier molecular flexibility index (Phi) is 3.93. The first kappa shape index (κ1) is 11.9. The molecule has 0 bridgehead atoms. The summed E-state index contributed by atoms with van der Waals surface area (Å²) in [4.78, 5) is 0. The van der Waals surface area contributed by atoms with Crippen LogP contribution in [0.3, 0.4) is 0 Å². The molecular weight excluding hydrogens is 234 g/mol. The summed E-state index contributed by atoms with van der Waals surface area (Å²) in [5, 5.41) is 12.9. The minimum atomic E-state index is 0.466. The van der Waals surface area contributed by atoms with Crippen LogP contribution in [0.5, 0.6) is 5.75 Å². The van der Waals surface area contributed by atoms with Crippen LogP contribution in [0.2, 0.25) is 0 Å². The number of hydrogen-bond acceptors (Lipinski definition) is 5. The fourth-order valence-corrected chi connectivity index (χ4v) is 2.11. The van der Waals surface area contributed by atoms with Crippen molar-refractivity contribution in [2.45, 2.75) is 20.5 Å². The number of hydrogen-bond donors (Lipinski definition) is 1. The molecule has 0 aliphatic rings. The normalized spacial score (nSPS) is 10.2. The van der Waals surface area contributed by atoms with E-state index in [1.54, 1.807) is 0 Å². The van der Waals surface area contributed by atoms with Gasteiger partial charge in [0.2, 0.25) is 5.13 Å². The Morgan fingerprint density at radius 2 is 2.12 bits per heavy atom. The smallest absolute Gasteiger partial charge is 0.205 e. The molecule has 0 saturated carbocycles. The first-order chi connectivity index (χ1) is 8.29. The molecule has 0 spiro atoms. The van der Waals surface area contributed by atoms with E-state index in [2.05, 4.69) is 15.5 Å². The van der Waals surface area contributed by atoms with E-state index in [1.165, 1.54) is 11.3 Å². The summed E-state index contributed by atoms with van der Waals surface area (Å²) in [6.45, 7) is 5.38. The molecule has 1 aromatic heterocycles. The summed E-state index contributed by atoms with van der Waals surface area (Å²) >= 11 is 1.52. The molecule has 4 nitrogen and oxygen atoms in total. The number of aryl methyl sites for hydroxylation is 1. The predicted molar refractivity (Wildman–Crippen MR) is 69.6 cm³/mol. The number of nitrogens with one attached hydrogen (secondary N) is 1. The largest absolute Gasteiger partial charge is 0.486 e. The molecule has 5 heteroatoms. The molecule has 1 N–H and O–H groups in total. The maximum Gasteiger partial charge on any atom is 0.205 e. The van der Waals surface area contributed by atoms with Gasteiger partial charge in [0.05, 0.1) is 0 Å². The lowest BCUT2D eigenvalue weighted by Crippen LogP contribution is -1.96. The van der Waals surface area contributed by atoms with Crippen molar-refractivity contribution in [1.82, 2.24) is 10.2 Å². The van der Waals surface area contributed by atoms with E-state index < -0.39 is 0 Å². The van der Waals surface area contributed by atoms with Crippen molar-refractivity contribution < 1.29 is 4.74 Å². The Balaban J connectivity index is 1.95. The highest BCUT2D eigenvalue weighted by Gasteiger charge is 2.04. The molecule has 0 unspecified atom stereocenters. The Morgan fingerprint density at radius 3 is 2.88 bits per heavy atom. The molecule has 0 saturated heterocycles. The molecule has 0 amide bonds. The summed E-state index contributed by atoms with van der Waals surface area (Å²) in [6, 6.07) is 7.95. The summed E-state index contributed by atoms with van der Waals surface area (Å²) in [6.07, 6.45) is 0. The van der Waals surface area contributed by atoms with Gasteiger partial charge in [0.1, 0.15) is 12.4 Å². The minimum absolute atomic E-state index is 0.466. The van der Waals surface area contributed by atoms with Gasteiger partial charge in [-0.3, -0.25) is 0 Å². The first-order valence-corrected chi connectivity index (χ1v) is 6.36. The van der Waals surface area contributed by atoms with Crippen LogP contribution < -0.4 is 10.1 Å². The second-order valence-corrected chi connectivity index (χ2v) is 4.65. The first-order valence-electron chi connectivity index (χ1n) is 5.54. The molecule has 1 heterocycles. The third kappa shape index (κ3) is 3.17. The van der Waals surface area contributed by atoms with Gasteiger partial charge in [0.15, 0.2) is 5.01 Å². The van der Waals surface area contributed by atoms with Crippen LogP contribution in [-0.4, -0.2) is 16.7 Å². The number of benzene rings is 1. The van der Waals surface area contributed by atoms with Gasteiger partial charge in [0, 0.05) is 6.54 Å². The SMILES string of the molecule is CCNc1nnc(COc2ccccc2C)s1. The van der Waals surface area contributed by atoms with Gasteiger partial charge < -0.3 is 10.1 Å². The van der Waals surface area contributed by atoms with E-state index in [1.807, 2.05) is 38.1 Å². The van der Waals surface area contributed by atoms with Crippen LogP contribution in [0.25, 0.3) is 0 Å². The number of para-hydroxylation sites is 1. The molecule has 0 fully saturated rings. The molecule has 0 aliphatic carbocycles. The van der Waals surface area contributed by atoms with Gasteiger partial charge in [-0.1, -0.05) is 29.5 Å². The van der Waals surface area contributed by atoms with Gasteiger partial charge in [-0.2, -0.15) is 0 Å². The van der Waals surface area contributed by atoms with Gasteiger partial charge in [-0.25, -0.2) is 0 Å². The van der Waals surface area contributed by atoms with E-state index in [-0.39, 0.29) is 0 Å². The standard InChI is InChI=1S/C12H15N3OS/c1-3-13-12-15-14-11(17-12)8-16-10-7-5-4-6-9(10)2/h4-7H,3,8H2,1-2H3,(H,13,15). The van der Waals surface area contributed by atoms with Crippen LogP contribution in [0, 0.1) is 6.92 Å². The van der Waals surface area contributed by atoms with Crippen LogP contribution in [0.4, 0.5) is 5.13 Å². The zero-order valence-electron chi connectivity index (χ0n) is 9.93. The average molecular weight is 249 g/mol. The molecule has 90 valence electrons. The topological polar surface area (TPSA) is 47.0 Å². The predicted octanol–water partition coefficient (Wildman–Crippen LogP) is 2.86. The zero-order valence-corrected chi connectivity index (χ0v) is 10.8. The second-order valence-electron chi connectivity index (χ2n) is 3.59. The highest BCUT2D eigenvalue weighted by atomic mass is 32.1. The van der Waals surface area contributed by atoms with E-state index >= 15 is 0 Å². The van der Waals surface area contributed by atoms with Crippen molar-refractivity contribution in [3.05, 3.63) is 34.8 Å². The molecule has 2 aromatic rings. The van der Waals surface area contributed by atoms with Crippen molar-refractivity contribution in [2.75, 3.05) is 11.9 Å². The van der Waals surface area contributed by atoms with Gasteiger partial charge in [0.25, 0.3) is 0 Å². The van der Waals surface area contributed by atoms with Gasteiger partial charge >= 0.3 is 0 Å². The second kappa shape index (κ2) is 5.63. The van der Waals surface area contributed by atoms with Crippen molar-refractivity contribution >= 4 is 16.5 Å². The van der Waals surface area contributed by atoms with Crippen molar-refractivity contribution in [3.8, 4) is 5.75 Å². The number of rotatable bonds is 5. The monoisotopic (exact) mass is 249 g/mol. The summed E-state index contributed by atoms with van der Waals surface area (Å²) < 4.78 is 5.69. The Bertz CT molecular complexity index is 484. The van der Waals surface area contributed by atoms with Crippen LogP contribution in [-0.2, 0) is 6.61 Å². The van der Waals surface area contributed by atoms with Crippen LogP contribution in [0.15, 0.2) is 24.3 Å². The van der Waals surface area contributed by atoms with Gasteiger partial charge in [-0.05, 0) is 25.5 Å². The average Bonchev–Trinajstić information content (AvgIpc) is 2.76. The number of aromatic nitrogens is 2. The fraction of sp³-hybridized carbons (Fsp3) is 0.333. The number of nitrogens with zero attached hydrogens (tertiary/aromatic N) is 2. The highest BCUT2D eigenvalue weighted by Crippen LogP contribution is 2.20. The molecule has 17 heavy (non-hydrogen) atoms. The third-order valence-corrected chi connectivity index (χ3v) is 3.09. The summed E-state index contributed by atoms with van der Waals surface area (Å²) in [5.74, 6) is 0.896. The number of anilines is 1. The van der Waals surface area contributed by atoms with E-state index in [4.69, 9.17) is 4.74 Å².